The molecule has 1 aliphatic rings. The van der Waals surface area contributed by atoms with Crippen molar-refractivity contribution in [1.29, 1.82) is 0 Å². The van der Waals surface area contributed by atoms with Crippen LogP contribution < -0.4 is 0 Å². The van der Waals surface area contributed by atoms with E-state index >= 15 is 0 Å². The van der Waals surface area contributed by atoms with Crippen molar-refractivity contribution in [2.45, 2.75) is 27.2 Å². The Labute approximate surface area is 78.8 Å². The molecule has 0 radical (unpaired) electrons. The second kappa shape index (κ2) is 2.69. The van der Waals surface area contributed by atoms with E-state index in [-0.39, 0.29) is 5.92 Å². The van der Waals surface area contributed by atoms with Crippen LogP contribution in [0.4, 0.5) is 0 Å². The van der Waals surface area contributed by atoms with Gasteiger partial charge in [0.05, 0.1) is 0 Å². The predicted octanol–water partition coefficient (Wildman–Crippen LogP) is 2.68. The van der Waals surface area contributed by atoms with Crippen molar-refractivity contribution in [2.75, 3.05) is 0 Å². The molecular weight excluding hydrogens is 160 g/mol. The van der Waals surface area contributed by atoms with E-state index in [4.69, 9.17) is 0 Å². The molecule has 0 heterocycles. The number of rotatable bonds is 0. The topological polar surface area (TPSA) is 17.1 Å². The summed E-state index contributed by atoms with van der Waals surface area (Å²) in [5.74, 6) is 0.519. The second-order valence-electron chi connectivity index (χ2n) is 4.02. The summed E-state index contributed by atoms with van der Waals surface area (Å²) in [6.07, 6.45) is 0.932. The lowest BCUT2D eigenvalue weighted by Gasteiger charge is -2.04. The zero-order valence-corrected chi connectivity index (χ0v) is 8.35. The highest BCUT2D eigenvalue weighted by Crippen LogP contribution is 2.31. The molecule has 1 unspecified atom stereocenters. The summed E-state index contributed by atoms with van der Waals surface area (Å²) in [4.78, 5) is 11.8. The zero-order chi connectivity index (χ0) is 9.59. The monoisotopic (exact) mass is 174 g/mol. The first-order valence-electron chi connectivity index (χ1n) is 4.74. The molecule has 0 N–H and O–H groups in total. The highest BCUT2D eigenvalue weighted by molar-refractivity contribution is 6.03. The van der Waals surface area contributed by atoms with Crippen LogP contribution in [0.5, 0.6) is 0 Å². The molecule has 0 saturated heterocycles. The van der Waals surface area contributed by atoms with E-state index in [2.05, 4.69) is 13.0 Å². The fraction of sp³-hybridized carbons (Fsp3) is 0.417. The lowest BCUT2D eigenvalue weighted by Crippen LogP contribution is -2.04. The molecule has 1 aromatic carbocycles. The summed E-state index contributed by atoms with van der Waals surface area (Å²) in [5.41, 5.74) is 4.67. The van der Waals surface area contributed by atoms with Crippen LogP contribution in [0, 0.1) is 19.8 Å². The summed E-state index contributed by atoms with van der Waals surface area (Å²) >= 11 is 0. The number of aryl methyl sites for hydroxylation is 2. The fourth-order valence-electron chi connectivity index (χ4n) is 2.12. The average molecular weight is 174 g/mol. The summed E-state index contributed by atoms with van der Waals surface area (Å²) in [6.45, 7) is 6.12. The number of hydrogen-bond acceptors (Lipinski definition) is 1. The third-order valence-electron chi connectivity index (χ3n) is 2.96. The van der Waals surface area contributed by atoms with Crippen LogP contribution in [-0.4, -0.2) is 5.78 Å². The Morgan fingerprint density at radius 3 is 2.46 bits per heavy atom. The zero-order valence-electron chi connectivity index (χ0n) is 8.35. The van der Waals surface area contributed by atoms with E-state index in [0.29, 0.717) is 5.78 Å². The van der Waals surface area contributed by atoms with Gasteiger partial charge in [0, 0.05) is 11.5 Å². The van der Waals surface area contributed by atoms with Crippen LogP contribution >= 0.6 is 0 Å². The number of ketones is 1. The molecule has 1 atom stereocenters. The Bertz CT molecular complexity index is 377. The maximum absolute atomic E-state index is 11.8. The standard InChI is InChI=1S/C12H14O/c1-7-4-5-8(2)11-10(7)6-9(3)12(11)13/h4-5,9H,6H2,1-3H3. The molecule has 0 spiro atoms. The Morgan fingerprint density at radius 2 is 1.85 bits per heavy atom. The minimum atomic E-state index is 0.190. The first kappa shape index (κ1) is 8.49. The molecule has 0 saturated carbocycles. The van der Waals surface area contributed by atoms with Gasteiger partial charge in [-0.3, -0.25) is 4.79 Å². The molecular formula is C12H14O. The minimum Gasteiger partial charge on any atom is -0.294 e. The van der Waals surface area contributed by atoms with Crippen molar-refractivity contribution in [3.05, 3.63) is 34.4 Å². The molecule has 2 rings (SSSR count). The molecule has 1 aliphatic carbocycles. The Hall–Kier alpha value is -1.11. The van der Waals surface area contributed by atoms with Gasteiger partial charge in [0.2, 0.25) is 0 Å². The smallest absolute Gasteiger partial charge is 0.166 e. The Balaban J connectivity index is 2.68. The van der Waals surface area contributed by atoms with Crippen molar-refractivity contribution >= 4 is 5.78 Å². The lowest BCUT2D eigenvalue weighted by atomic mass is 10.00. The third kappa shape index (κ3) is 1.11. The normalized spacial score (nSPS) is 20.5. The van der Waals surface area contributed by atoms with Crippen molar-refractivity contribution in [2.24, 2.45) is 5.92 Å². The summed E-state index contributed by atoms with van der Waals surface area (Å²) in [7, 11) is 0. The van der Waals surface area contributed by atoms with Gasteiger partial charge in [0.25, 0.3) is 0 Å². The van der Waals surface area contributed by atoms with Crippen LogP contribution in [0.2, 0.25) is 0 Å². The molecule has 13 heavy (non-hydrogen) atoms. The van der Waals surface area contributed by atoms with E-state index in [1.807, 2.05) is 19.9 Å². The first-order valence-corrected chi connectivity index (χ1v) is 4.74. The maximum Gasteiger partial charge on any atom is 0.166 e. The highest BCUT2D eigenvalue weighted by Gasteiger charge is 2.29. The van der Waals surface area contributed by atoms with Gasteiger partial charge in [0.1, 0.15) is 0 Å². The fourth-order valence-corrected chi connectivity index (χ4v) is 2.12. The molecule has 68 valence electrons. The lowest BCUT2D eigenvalue weighted by molar-refractivity contribution is 0.0946. The van der Waals surface area contributed by atoms with E-state index in [0.717, 1.165) is 17.5 Å². The number of benzene rings is 1. The van der Waals surface area contributed by atoms with Crippen LogP contribution in [-0.2, 0) is 6.42 Å². The van der Waals surface area contributed by atoms with Gasteiger partial charge in [-0.2, -0.15) is 0 Å². The summed E-state index contributed by atoms with van der Waals surface area (Å²) in [6, 6.07) is 4.16. The van der Waals surface area contributed by atoms with E-state index < -0.39 is 0 Å². The van der Waals surface area contributed by atoms with Crippen molar-refractivity contribution < 1.29 is 4.79 Å². The van der Waals surface area contributed by atoms with Gasteiger partial charge >= 0.3 is 0 Å². The predicted molar refractivity (Wildman–Crippen MR) is 53.1 cm³/mol. The molecule has 1 aromatic rings. The van der Waals surface area contributed by atoms with Gasteiger partial charge in [-0.25, -0.2) is 0 Å². The number of hydrogen-bond donors (Lipinski definition) is 0. The van der Waals surface area contributed by atoms with Gasteiger partial charge < -0.3 is 0 Å². The number of carbonyl (C=O) groups is 1. The quantitative estimate of drug-likeness (QED) is 0.591. The second-order valence-corrected chi connectivity index (χ2v) is 4.02. The van der Waals surface area contributed by atoms with Gasteiger partial charge in [0.15, 0.2) is 5.78 Å². The third-order valence-corrected chi connectivity index (χ3v) is 2.96. The van der Waals surface area contributed by atoms with Crippen molar-refractivity contribution in [3.63, 3.8) is 0 Å². The van der Waals surface area contributed by atoms with Crippen molar-refractivity contribution in [1.82, 2.24) is 0 Å². The number of carbonyl (C=O) groups excluding carboxylic acids is 1. The molecule has 0 aliphatic heterocycles. The number of fused-ring (bicyclic) bond motifs is 1. The van der Waals surface area contributed by atoms with Crippen LogP contribution in [0.3, 0.4) is 0 Å². The van der Waals surface area contributed by atoms with Gasteiger partial charge in [-0.1, -0.05) is 19.1 Å². The van der Waals surface area contributed by atoms with Crippen molar-refractivity contribution in [3.8, 4) is 0 Å². The molecule has 1 heteroatoms. The van der Waals surface area contributed by atoms with Crippen LogP contribution in [0.1, 0.15) is 34.0 Å². The van der Waals surface area contributed by atoms with Gasteiger partial charge in [-0.15, -0.1) is 0 Å². The van der Waals surface area contributed by atoms with Gasteiger partial charge in [-0.05, 0) is 37.0 Å². The van der Waals surface area contributed by atoms with Crippen LogP contribution in [0.25, 0.3) is 0 Å². The van der Waals surface area contributed by atoms with E-state index in [1.54, 1.807) is 0 Å². The van der Waals surface area contributed by atoms with E-state index in [1.165, 1.54) is 11.1 Å². The first-order chi connectivity index (χ1) is 6.11. The van der Waals surface area contributed by atoms with Crippen LogP contribution in [0.15, 0.2) is 12.1 Å². The molecule has 0 amide bonds. The number of Topliss-reactive ketones (excluding diaryl/α,β-unsaturated/α-hetero) is 1. The Morgan fingerprint density at radius 1 is 1.23 bits per heavy atom. The maximum atomic E-state index is 11.8. The average Bonchev–Trinajstić information content (AvgIpc) is 2.38. The summed E-state index contributed by atoms with van der Waals surface area (Å²) in [5, 5.41) is 0. The molecule has 0 aromatic heterocycles. The Kier molecular flexibility index (Phi) is 1.76. The molecule has 1 nitrogen and oxygen atoms in total. The molecule has 0 bridgehead atoms. The largest absolute Gasteiger partial charge is 0.294 e. The SMILES string of the molecule is Cc1ccc(C)c2c1CC(C)C2=O. The summed E-state index contributed by atoms with van der Waals surface area (Å²) < 4.78 is 0. The highest BCUT2D eigenvalue weighted by atomic mass is 16.1. The minimum absolute atomic E-state index is 0.190. The molecule has 0 fully saturated rings. The van der Waals surface area contributed by atoms with E-state index in [9.17, 15) is 4.79 Å².